The second-order valence-electron chi connectivity index (χ2n) is 7.34. The predicted molar refractivity (Wildman–Crippen MR) is 119 cm³/mol. The topological polar surface area (TPSA) is 73.4 Å². The monoisotopic (exact) mass is 429 g/mol. The van der Waals surface area contributed by atoms with E-state index >= 15 is 0 Å². The quantitative estimate of drug-likeness (QED) is 0.662. The molecule has 168 valence electrons. The highest BCUT2D eigenvalue weighted by Gasteiger charge is 2.26. The van der Waals surface area contributed by atoms with Crippen LogP contribution in [0.3, 0.4) is 0 Å². The Morgan fingerprint density at radius 2 is 1.74 bits per heavy atom. The molecule has 1 aliphatic rings. The minimum absolute atomic E-state index is 0.225. The summed E-state index contributed by atoms with van der Waals surface area (Å²) >= 11 is 0. The van der Waals surface area contributed by atoms with Crippen molar-refractivity contribution in [3.8, 4) is 28.5 Å². The molecule has 1 saturated heterocycles. The molecule has 1 aliphatic heterocycles. The largest absolute Gasteiger partial charge is 0.493 e. The summed E-state index contributed by atoms with van der Waals surface area (Å²) in [5.74, 6) is 1.72. The highest BCUT2D eigenvalue weighted by Crippen LogP contribution is 2.41. The molecule has 0 unspecified atom stereocenters. The Morgan fingerprint density at radius 3 is 2.29 bits per heavy atom. The summed E-state index contributed by atoms with van der Waals surface area (Å²) in [6.45, 7) is 3.62. The summed E-state index contributed by atoms with van der Waals surface area (Å²) < 4.78 is 21.5. The van der Waals surface area contributed by atoms with Gasteiger partial charge in [-0.2, -0.15) is 0 Å². The fourth-order valence-electron chi connectivity index (χ4n) is 3.89. The summed E-state index contributed by atoms with van der Waals surface area (Å²) in [6.07, 6.45) is 3.35. The van der Waals surface area contributed by atoms with Crippen molar-refractivity contribution >= 4 is 11.8 Å². The van der Waals surface area contributed by atoms with Crippen molar-refractivity contribution in [3.05, 3.63) is 30.5 Å². The molecule has 1 fully saturated rings. The van der Waals surface area contributed by atoms with Crippen molar-refractivity contribution in [2.75, 3.05) is 53.0 Å². The van der Waals surface area contributed by atoms with Crippen molar-refractivity contribution in [2.24, 2.45) is 0 Å². The molecule has 0 saturated carbocycles. The molecule has 0 bridgehead atoms. The lowest BCUT2D eigenvalue weighted by Gasteiger charge is -2.37. The number of hydrogen-bond acceptors (Lipinski definition) is 7. The van der Waals surface area contributed by atoms with E-state index in [1.54, 1.807) is 32.4 Å². The highest BCUT2D eigenvalue weighted by atomic mass is 16.6. The van der Waals surface area contributed by atoms with E-state index in [1.165, 1.54) is 0 Å². The number of nitrogens with zero attached hydrogens (tertiary/aromatic N) is 3. The molecular formula is C23H31N3O5. The average molecular weight is 430 g/mol. The number of amides is 1. The van der Waals surface area contributed by atoms with Crippen LogP contribution < -0.4 is 19.1 Å². The van der Waals surface area contributed by atoms with Gasteiger partial charge in [0, 0.05) is 43.6 Å². The number of rotatable bonds is 7. The normalized spacial score (nSPS) is 14.2. The Morgan fingerprint density at radius 1 is 1.10 bits per heavy atom. The number of carbonyl (C=O) groups excluding carboxylic acids is 1. The van der Waals surface area contributed by atoms with E-state index in [4.69, 9.17) is 18.9 Å². The van der Waals surface area contributed by atoms with Crippen LogP contribution in [0.15, 0.2) is 30.5 Å². The zero-order valence-electron chi connectivity index (χ0n) is 18.9. The summed E-state index contributed by atoms with van der Waals surface area (Å²) in [6, 6.07) is 8.18. The predicted octanol–water partition coefficient (Wildman–Crippen LogP) is 3.83. The minimum atomic E-state index is -0.225. The number of piperidine rings is 1. The van der Waals surface area contributed by atoms with Crippen molar-refractivity contribution in [1.82, 2.24) is 9.88 Å². The van der Waals surface area contributed by atoms with Gasteiger partial charge < -0.3 is 28.7 Å². The molecule has 0 atom stereocenters. The molecule has 0 spiro atoms. The highest BCUT2D eigenvalue weighted by molar-refractivity contribution is 5.71. The van der Waals surface area contributed by atoms with Crippen molar-refractivity contribution in [3.63, 3.8) is 0 Å². The number of pyridine rings is 1. The molecule has 1 aromatic carbocycles. The molecule has 1 amide bonds. The van der Waals surface area contributed by atoms with Crippen molar-refractivity contribution in [2.45, 2.75) is 25.8 Å². The van der Waals surface area contributed by atoms with E-state index in [0.29, 0.717) is 43.0 Å². The van der Waals surface area contributed by atoms with Crippen LogP contribution in [0.25, 0.3) is 11.3 Å². The summed E-state index contributed by atoms with van der Waals surface area (Å²) in [5.41, 5.74) is 2.75. The second-order valence-corrected chi connectivity index (χ2v) is 7.34. The first-order chi connectivity index (χ1) is 15.0. The first-order valence-electron chi connectivity index (χ1n) is 10.4. The molecule has 3 rings (SSSR count). The van der Waals surface area contributed by atoms with Gasteiger partial charge in [0.1, 0.15) is 0 Å². The third kappa shape index (κ3) is 4.95. The Kier molecular flexibility index (Phi) is 7.44. The van der Waals surface area contributed by atoms with E-state index in [1.807, 2.05) is 25.1 Å². The maximum Gasteiger partial charge on any atom is 0.409 e. The molecule has 2 aromatic rings. The Bertz CT molecular complexity index is 872. The molecule has 2 heterocycles. The summed E-state index contributed by atoms with van der Waals surface area (Å²) in [4.78, 5) is 20.5. The lowest BCUT2D eigenvalue weighted by Crippen LogP contribution is -2.45. The molecule has 0 N–H and O–H groups in total. The van der Waals surface area contributed by atoms with Crippen LogP contribution >= 0.6 is 0 Å². The zero-order valence-corrected chi connectivity index (χ0v) is 18.9. The standard InChI is InChI=1S/C23H31N3O5/c1-6-31-23(27)26-11-8-17(9-12-26)25(2)18-7-10-24-19(15-18)16-13-20(28-3)22(30-5)21(14-16)29-4/h7,10,13-15,17H,6,8-9,11-12H2,1-5H3. The van der Waals surface area contributed by atoms with Gasteiger partial charge in [-0.1, -0.05) is 0 Å². The van der Waals surface area contributed by atoms with Gasteiger partial charge in [0.15, 0.2) is 11.5 Å². The number of aromatic nitrogens is 1. The van der Waals surface area contributed by atoms with Gasteiger partial charge in [-0.15, -0.1) is 0 Å². The first kappa shape index (κ1) is 22.5. The average Bonchev–Trinajstić information content (AvgIpc) is 2.82. The van der Waals surface area contributed by atoms with Gasteiger partial charge in [-0.25, -0.2) is 4.79 Å². The first-order valence-corrected chi connectivity index (χ1v) is 10.4. The van der Waals surface area contributed by atoms with Gasteiger partial charge in [-0.3, -0.25) is 4.98 Å². The summed E-state index contributed by atoms with van der Waals surface area (Å²) in [7, 11) is 6.86. The van der Waals surface area contributed by atoms with Crippen LogP contribution in [0.4, 0.5) is 10.5 Å². The van der Waals surface area contributed by atoms with Crippen LogP contribution in [0, 0.1) is 0 Å². The Balaban J connectivity index is 1.79. The number of carbonyl (C=O) groups is 1. The van der Waals surface area contributed by atoms with Crippen LogP contribution in [-0.2, 0) is 4.74 Å². The third-order valence-corrected chi connectivity index (χ3v) is 5.65. The third-order valence-electron chi connectivity index (χ3n) is 5.65. The van der Waals surface area contributed by atoms with E-state index in [0.717, 1.165) is 29.8 Å². The van der Waals surface area contributed by atoms with Crippen LogP contribution in [0.2, 0.25) is 0 Å². The number of hydrogen-bond donors (Lipinski definition) is 0. The van der Waals surface area contributed by atoms with Crippen LogP contribution in [-0.4, -0.2) is 70.1 Å². The molecular weight excluding hydrogens is 398 g/mol. The molecule has 1 aromatic heterocycles. The maximum atomic E-state index is 11.9. The molecule has 0 radical (unpaired) electrons. The van der Waals surface area contributed by atoms with Crippen LogP contribution in [0.5, 0.6) is 17.2 Å². The molecule has 8 heteroatoms. The lowest BCUT2D eigenvalue weighted by atomic mass is 10.0. The van der Waals surface area contributed by atoms with Gasteiger partial charge in [0.25, 0.3) is 0 Å². The number of ether oxygens (including phenoxy) is 4. The smallest absolute Gasteiger partial charge is 0.409 e. The van der Waals surface area contributed by atoms with E-state index in [9.17, 15) is 4.79 Å². The van der Waals surface area contributed by atoms with E-state index in [2.05, 4.69) is 23.0 Å². The Labute approximate surface area is 183 Å². The second kappa shape index (κ2) is 10.2. The minimum Gasteiger partial charge on any atom is -0.493 e. The number of benzene rings is 1. The van der Waals surface area contributed by atoms with Crippen LogP contribution in [0.1, 0.15) is 19.8 Å². The van der Waals surface area contributed by atoms with Gasteiger partial charge in [0.05, 0.1) is 33.6 Å². The molecule has 31 heavy (non-hydrogen) atoms. The molecule has 0 aliphatic carbocycles. The van der Waals surface area contributed by atoms with Gasteiger partial charge in [0.2, 0.25) is 5.75 Å². The SMILES string of the molecule is CCOC(=O)N1CCC(N(C)c2ccnc(-c3cc(OC)c(OC)c(OC)c3)c2)CC1. The number of likely N-dealkylation sites (tertiary alicyclic amines) is 1. The van der Waals surface area contributed by atoms with Gasteiger partial charge >= 0.3 is 6.09 Å². The van der Waals surface area contributed by atoms with E-state index < -0.39 is 0 Å². The van der Waals surface area contributed by atoms with Crippen molar-refractivity contribution < 1.29 is 23.7 Å². The Hall–Kier alpha value is -3.16. The number of anilines is 1. The van der Waals surface area contributed by atoms with Crippen molar-refractivity contribution in [1.29, 1.82) is 0 Å². The van der Waals surface area contributed by atoms with Gasteiger partial charge in [-0.05, 0) is 44.0 Å². The van der Waals surface area contributed by atoms with E-state index in [-0.39, 0.29) is 6.09 Å². The fraction of sp³-hybridized carbons (Fsp3) is 0.478. The zero-order chi connectivity index (χ0) is 22.4. The maximum absolute atomic E-state index is 11.9. The lowest BCUT2D eigenvalue weighted by molar-refractivity contribution is 0.0971. The molecule has 8 nitrogen and oxygen atoms in total. The fourth-order valence-corrected chi connectivity index (χ4v) is 3.89. The number of methoxy groups -OCH3 is 3. The summed E-state index contributed by atoms with van der Waals surface area (Å²) in [5, 5.41) is 0.